The molecule has 9 nitrogen and oxygen atoms in total. The zero-order valence-corrected chi connectivity index (χ0v) is 18.5. The molecule has 0 unspecified atom stereocenters. The summed E-state index contributed by atoms with van der Waals surface area (Å²) in [5.41, 5.74) is 1.07. The van der Waals surface area contributed by atoms with E-state index in [1.807, 2.05) is 37.8 Å². The molecule has 0 atom stereocenters. The Kier molecular flexibility index (Phi) is 6.19. The summed E-state index contributed by atoms with van der Waals surface area (Å²) in [4.78, 5) is 6.56. The second-order valence-corrected chi connectivity index (χ2v) is 8.08. The molecule has 3 heterocycles. The Hall–Kier alpha value is -3.56. The molecule has 1 aromatic heterocycles. The highest BCUT2D eigenvalue weighted by Gasteiger charge is 2.36. The Bertz CT molecular complexity index is 1040. The molecule has 1 aromatic rings. The lowest BCUT2D eigenvalue weighted by atomic mass is 10.1. The summed E-state index contributed by atoms with van der Waals surface area (Å²) in [5.74, 6) is 1.36. The number of anilines is 1. The number of aliphatic imine (C=N–C) groups is 1. The molecule has 1 fully saturated rings. The maximum atomic E-state index is 9.55. The smallest absolute Gasteiger partial charge is 0.257 e. The molecule has 0 radical (unpaired) electrons. The number of hydrogen-bond acceptors (Lipinski definition) is 7. The fraction of sp³-hybridized carbons (Fsp3) is 0.455. The average molecular weight is 422 g/mol. The summed E-state index contributed by atoms with van der Waals surface area (Å²) < 4.78 is 12.7. The fourth-order valence-corrected chi connectivity index (χ4v) is 3.10. The van der Waals surface area contributed by atoms with Gasteiger partial charge in [0.05, 0.1) is 37.6 Å². The van der Waals surface area contributed by atoms with E-state index in [2.05, 4.69) is 34.1 Å². The second-order valence-electron chi connectivity index (χ2n) is 8.08. The van der Waals surface area contributed by atoms with Crippen LogP contribution in [0.15, 0.2) is 47.0 Å². The molecule has 0 aromatic carbocycles. The number of nitrogens with zero attached hydrogens (tertiary/aromatic N) is 6. The van der Waals surface area contributed by atoms with Gasteiger partial charge < -0.3 is 19.7 Å². The lowest BCUT2D eigenvalue weighted by Gasteiger charge is -2.36. The van der Waals surface area contributed by atoms with Crippen molar-refractivity contribution in [1.29, 1.82) is 10.5 Å². The van der Waals surface area contributed by atoms with Gasteiger partial charge in [-0.3, -0.25) is 0 Å². The van der Waals surface area contributed by atoms with Crippen LogP contribution in [0.1, 0.15) is 34.6 Å². The summed E-state index contributed by atoms with van der Waals surface area (Å²) in [6.45, 7) is 14.3. The lowest BCUT2D eigenvalue weighted by molar-refractivity contribution is -0.0305. The highest BCUT2D eigenvalue weighted by atomic mass is 16.5. The molecule has 162 valence electrons. The van der Waals surface area contributed by atoms with E-state index in [-0.39, 0.29) is 12.1 Å². The van der Waals surface area contributed by atoms with Crippen LogP contribution in [0.5, 0.6) is 5.88 Å². The van der Waals surface area contributed by atoms with Gasteiger partial charge in [0, 0.05) is 5.57 Å². The van der Waals surface area contributed by atoms with Crippen molar-refractivity contribution in [2.45, 2.75) is 52.3 Å². The molecule has 9 heteroatoms. The molecular formula is C22H27N7O2. The molecule has 0 bridgehead atoms. The maximum absolute atomic E-state index is 9.55. The molecule has 1 saturated heterocycles. The van der Waals surface area contributed by atoms with E-state index in [0.717, 1.165) is 5.57 Å². The van der Waals surface area contributed by atoms with Crippen molar-refractivity contribution in [2.24, 2.45) is 4.99 Å². The fourth-order valence-electron chi connectivity index (χ4n) is 3.10. The molecule has 3 rings (SSSR count). The Labute approximate surface area is 182 Å². The summed E-state index contributed by atoms with van der Waals surface area (Å²) in [7, 11) is 0. The van der Waals surface area contributed by atoms with E-state index < -0.39 is 5.54 Å². The Morgan fingerprint density at radius 1 is 1.45 bits per heavy atom. The van der Waals surface area contributed by atoms with Crippen LogP contribution in [-0.2, 0) is 10.3 Å². The largest absolute Gasteiger partial charge is 0.472 e. The molecule has 0 aliphatic carbocycles. The van der Waals surface area contributed by atoms with Crippen molar-refractivity contribution >= 4 is 11.5 Å². The van der Waals surface area contributed by atoms with Crippen LogP contribution in [0.4, 0.5) is 5.69 Å². The topological polar surface area (TPSA) is 111 Å². The van der Waals surface area contributed by atoms with Crippen LogP contribution < -0.4 is 10.1 Å². The number of amidine groups is 1. The average Bonchev–Trinajstić information content (AvgIpc) is 3.22. The predicted octanol–water partition coefficient (Wildman–Crippen LogP) is 3.28. The van der Waals surface area contributed by atoms with Crippen molar-refractivity contribution in [3.05, 3.63) is 42.0 Å². The third kappa shape index (κ3) is 4.47. The number of nitrogens with one attached hydrogen (secondary N) is 1. The number of allylic oxidation sites excluding steroid dienone is 2. The molecule has 2 aliphatic rings. The van der Waals surface area contributed by atoms with Crippen molar-refractivity contribution in [1.82, 2.24) is 14.7 Å². The Morgan fingerprint density at radius 2 is 2.16 bits per heavy atom. The Morgan fingerprint density at radius 3 is 2.68 bits per heavy atom. The normalized spacial score (nSPS) is 19.2. The minimum Gasteiger partial charge on any atom is -0.472 e. The van der Waals surface area contributed by atoms with Gasteiger partial charge in [-0.1, -0.05) is 12.7 Å². The van der Waals surface area contributed by atoms with E-state index in [1.54, 1.807) is 24.7 Å². The number of ether oxygens (including phenoxy) is 2. The third-order valence-electron chi connectivity index (χ3n) is 4.84. The van der Waals surface area contributed by atoms with Gasteiger partial charge >= 0.3 is 0 Å². The molecule has 0 spiro atoms. The van der Waals surface area contributed by atoms with E-state index in [1.165, 1.54) is 0 Å². The first-order chi connectivity index (χ1) is 14.7. The molecule has 1 N–H and O–H groups in total. The predicted molar refractivity (Wildman–Crippen MR) is 117 cm³/mol. The van der Waals surface area contributed by atoms with Crippen molar-refractivity contribution < 1.29 is 9.47 Å². The van der Waals surface area contributed by atoms with E-state index in [9.17, 15) is 10.5 Å². The van der Waals surface area contributed by atoms with Crippen LogP contribution in [0.3, 0.4) is 0 Å². The maximum Gasteiger partial charge on any atom is 0.257 e. The zero-order valence-electron chi connectivity index (χ0n) is 18.5. The van der Waals surface area contributed by atoms with Gasteiger partial charge in [0.2, 0.25) is 0 Å². The molecule has 31 heavy (non-hydrogen) atoms. The number of nitriles is 2. The molecule has 0 saturated carbocycles. The first-order valence-electron chi connectivity index (χ1n) is 10.1. The van der Waals surface area contributed by atoms with Gasteiger partial charge in [0.1, 0.15) is 34.6 Å². The van der Waals surface area contributed by atoms with Crippen LogP contribution in [-0.4, -0.2) is 45.9 Å². The molecular weight excluding hydrogens is 394 g/mol. The van der Waals surface area contributed by atoms with E-state index in [4.69, 9.17) is 9.47 Å². The van der Waals surface area contributed by atoms with Gasteiger partial charge in [-0.05, 0) is 40.7 Å². The first kappa shape index (κ1) is 22.1. The van der Waals surface area contributed by atoms with Gasteiger partial charge in [-0.25, -0.2) is 9.67 Å². The minimum absolute atomic E-state index is 0.0638. The monoisotopic (exact) mass is 421 g/mol. The molecule has 2 aliphatic heterocycles. The van der Waals surface area contributed by atoms with E-state index in [0.29, 0.717) is 42.1 Å². The van der Waals surface area contributed by atoms with Crippen molar-refractivity contribution in [2.75, 3.05) is 18.5 Å². The number of hydrogen-bond donors (Lipinski definition) is 1. The van der Waals surface area contributed by atoms with Gasteiger partial charge in [-0.2, -0.15) is 10.5 Å². The van der Waals surface area contributed by atoms with Gasteiger partial charge in [0.15, 0.2) is 0 Å². The number of rotatable bonds is 7. The van der Waals surface area contributed by atoms with Crippen LogP contribution in [0.25, 0.3) is 0 Å². The SMILES string of the molecule is C=C(N=C1/C(=C\C)C=C(C#N)N1C1COC1)Nc1cn(C(C)(C)C#N)nc1OC(C)C. The quantitative estimate of drug-likeness (QED) is 0.719. The van der Waals surface area contributed by atoms with Gasteiger partial charge in [-0.15, -0.1) is 5.10 Å². The highest BCUT2D eigenvalue weighted by molar-refractivity contribution is 6.06. The summed E-state index contributed by atoms with van der Waals surface area (Å²) in [6, 6.07) is 4.52. The van der Waals surface area contributed by atoms with Crippen LogP contribution >= 0.6 is 0 Å². The highest BCUT2D eigenvalue weighted by Crippen LogP contribution is 2.31. The minimum atomic E-state index is -0.849. The van der Waals surface area contributed by atoms with E-state index >= 15 is 0 Å². The first-order valence-corrected chi connectivity index (χ1v) is 10.1. The Balaban J connectivity index is 1.91. The summed E-state index contributed by atoms with van der Waals surface area (Å²) in [5, 5.41) is 26.6. The van der Waals surface area contributed by atoms with Crippen molar-refractivity contribution in [3.8, 4) is 18.0 Å². The van der Waals surface area contributed by atoms with Crippen LogP contribution in [0, 0.1) is 22.7 Å². The van der Waals surface area contributed by atoms with Crippen molar-refractivity contribution in [3.63, 3.8) is 0 Å². The standard InChI is InChI=1S/C22H27N7O2/c1-7-16-8-17(9-23)29(18-11-30-12-18)20(16)26-15(4)25-19-10-28(22(5,6)13-24)27-21(19)31-14(2)3/h7-8,10,14,18,25H,4,11-12H2,1-3,5-6H3/b16-7-,26-20?. The number of aromatic nitrogens is 2. The lowest BCUT2D eigenvalue weighted by Crippen LogP contribution is -2.49. The second kappa shape index (κ2) is 8.66. The van der Waals surface area contributed by atoms with Crippen LogP contribution in [0.2, 0.25) is 0 Å². The third-order valence-corrected chi connectivity index (χ3v) is 4.84. The zero-order chi connectivity index (χ0) is 22.8. The molecule has 0 amide bonds. The van der Waals surface area contributed by atoms with Gasteiger partial charge in [0.25, 0.3) is 5.88 Å². The summed E-state index contributed by atoms with van der Waals surface area (Å²) >= 11 is 0. The summed E-state index contributed by atoms with van der Waals surface area (Å²) in [6.07, 6.45) is 5.32.